The van der Waals surface area contributed by atoms with Crippen LogP contribution in [-0.2, 0) is 0 Å². The zero-order chi connectivity index (χ0) is 14.3. The number of anilines is 2. The normalized spacial score (nSPS) is 26.5. The number of hydrogen-bond donors (Lipinski definition) is 2. The third kappa shape index (κ3) is 2.35. The zero-order valence-corrected chi connectivity index (χ0v) is 12.5. The van der Waals surface area contributed by atoms with Crippen molar-refractivity contribution >= 4 is 28.2 Å². The highest BCUT2D eigenvalue weighted by atomic mass is 32.1. The summed E-state index contributed by atoms with van der Waals surface area (Å²) in [5.41, 5.74) is 11.9. The lowest BCUT2D eigenvalue weighted by Gasteiger charge is -2.20. The summed E-state index contributed by atoms with van der Waals surface area (Å²) < 4.78 is 0. The minimum atomic E-state index is 0.0275. The first-order chi connectivity index (χ1) is 9.56. The summed E-state index contributed by atoms with van der Waals surface area (Å²) in [4.78, 5) is 21.5. The highest BCUT2D eigenvalue weighted by molar-refractivity contribution is 7.18. The average molecular weight is 295 g/mol. The van der Waals surface area contributed by atoms with Gasteiger partial charge in [0.1, 0.15) is 10.7 Å². The van der Waals surface area contributed by atoms with Gasteiger partial charge in [-0.05, 0) is 26.2 Å². The van der Waals surface area contributed by atoms with Gasteiger partial charge in [-0.2, -0.15) is 0 Å². The molecule has 0 spiro atoms. The summed E-state index contributed by atoms with van der Waals surface area (Å²) in [6.45, 7) is 4.59. The summed E-state index contributed by atoms with van der Waals surface area (Å²) in [7, 11) is 0. The summed E-state index contributed by atoms with van der Waals surface area (Å²) >= 11 is 1.40. The predicted octanol–water partition coefficient (Wildman–Crippen LogP) is 0.887. The SMILES string of the molecule is CC1CCCN1C(=O)c1sc(N2CCC(N)C2)nc1N. The van der Waals surface area contributed by atoms with Crippen molar-refractivity contribution in [3.63, 3.8) is 0 Å². The van der Waals surface area contributed by atoms with E-state index in [2.05, 4.69) is 16.8 Å². The molecule has 3 rings (SSSR count). The number of thiazole rings is 1. The van der Waals surface area contributed by atoms with Gasteiger partial charge in [-0.3, -0.25) is 4.79 Å². The lowest BCUT2D eigenvalue weighted by molar-refractivity contribution is 0.0753. The van der Waals surface area contributed by atoms with Crippen molar-refractivity contribution in [3.8, 4) is 0 Å². The standard InChI is InChI=1S/C13H21N5OS/c1-8-3-2-5-18(8)12(19)10-11(15)16-13(20-10)17-6-4-9(14)7-17/h8-9H,2-7,14-15H2,1H3. The van der Waals surface area contributed by atoms with Gasteiger partial charge in [0.05, 0.1) is 0 Å². The Bertz CT molecular complexity index is 517. The number of hydrogen-bond acceptors (Lipinski definition) is 6. The Morgan fingerprint density at radius 1 is 1.40 bits per heavy atom. The molecule has 3 heterocycles. The molecule has 0 aromatic carbocycles. The first-order valence-electron chi connectivity index (χ1n) is 7.14. The van der Waals surface area contributed by atoms with Crippen LogP contribution in [0.15, 0.2) is 0 Å². The molecular formula is C13H21N5OS. The molecule has 4 N–H and O–H groups in total. The second kappa shape index (κ2) is 5.21. The topological polar surface area (TPSA) is 88.5 Å². The number of nitrogen functional groups attached to an aromatic ring is 1. The molecule has 20 heavy (non-hydrogen) atoms. The molecule has 0 bridgehead atoms. The second-order valence-corrected chi connectivity index (χ2v) is 6.67. The number of rotatable bonds is 2. The molecule has 7 heteroatoms. The quantitative estimate of drug-likeness (QED) is 0.846. The van der Waals surface area contributed by atoms with Crippen molar-refractivity contribution in [2.45, 2.75) is 38.3 Å². The summed E-state index contributed by atoms with van der Waals surface area (Å²) in [6.07, 6.45) is 3.10. The van der Waals surface area contributed by atoms with Crippen LogP contribution in [0.4, 0.5) is 10.9 Å². The number of amides is 1. The molecule has 1 aromatic heterocycles. The fraction of sp³-hybridized carbons (Fsp3) is 0.692. The van der Waals surface area contributed by atoms with E-state index in [1.807, 2.05) is 4.90 Å². The first-order valence-corrected chi connectivity index (χ1v) is 7.95. The number of carbonyl (C=O) groups excluding carboxylic acids is 1. The molecular weight excluding hydrogens is 274 g/mol. The molecule has 2 fully saturated rings. The number of likely N-dealkylation sites (tertiary alicyclic amines) is 1. The molecule has 2 unspecified atom stereocenters. The summed E-state index contributed by atoms with van der Waals surface area (Å²) in [5.74, 6) is 0.384. The van der Waals surface area contributed by atoms with E-state index in [1.54, 1.807) is 0 Å². The molecule has 2 atom stereocenters. The van der Waals surface area contributed by atoms with Crippen LogP contribution in [0.5, 0.6) is 0 Å². The van der Waals surface area contributed by atoms with E-state index in [1.165, 1.54) is 11.3 Å². The number of nitrogens with two attached hydrogens (primary N) is 2. The highest BCUT2D eigenvalue weighted by Gasteiger charge is 2.30. The minimum Gasteiger partial charge on any atom is -0.382 e. The summed E-state index contributed by atoms with van der Waals surface area (Å²) in [6, 6.07) is 0.491. The van der Waals surface area contributed by atoms with Crippen LogP contribution >= 0.6 is 11.3 Å². The molecule has 2 aliphatic heterocycles. The Hall–Kier alpha value is -1.34. The molecule has 0 aliphatic carbocycles. The highest BCUT2D eigenvalue weighted by Crippen LogP contribution is 2.32. The lowest BCUT2D eigenvalue weighted by atomic mass is 10.2. The van der Waals surface area contributed by atoms with Gasteiger partial charge in [0, 0.05) is 31.7 Å². The van der Waals surface area contributed by atoms with Crippen LogP contribution in [0.1, 0.15) is 35.9 Å². The van der Waals surface area contributed by atoms with E-state index >= 15 is 0 Å². The van der Waals surface area contributed by atoms with Gasteiger partial charge in [0.2, 0.25) is 0 Å². The number of nitrogens with zero attached hydrogens (tertiary/aromatic N) is 3. The van der Waals surface area contributed by atoms with Gasteiger partial charge in [0.25, 0.3) is 5.91 Å². The van der Waals surface area contributed by atoms with Gasteiger partial charge in [0.15, 0.2) is 5.13 Å². The Morgan fingerprint density at radius 2 is 2.20 bits per heavy atom. The Morgan fingerprint density at radius 3 is 2.80 bits per heavy atom. The predicted molar refractivity (Wildman–Crippen MR) is 81.1 cm³/mol. The largest absolute Gasteiger partial charge is 0.382 e. The van der Waals surface area contributed by atoms with E-state index < -0.39 is 0 Å². The van der Waals surface area contributed by atoms with Gasteiger partial charge >= 0.3 is 0 Å². The third-order valence-corrected chi connectivity index (χ3v) is 5.27. The maximum Gasteiger partial charge on any atom is 0.268 e. The Labute approximate surface area is 122 Å². The average Bonchev–Trinajstić information content (AvgIpc) is 3.09. The number of carbonyl (C=O) groups is 1. The fourth-order valence-electron chi connectivity index (χ4n) is 2.94. The monoisotopic (exact) mass is 295 g/mol. The van der Waals surface area contributed by atoms with Gasteiger partial charge in [-0.15, -0.1) is 0 Å². The molecule has 2 aliphatic rings. The zero-order valence-electron chi connectivity index (χ0n) is 11.7. The molecule has 0 saturated carbocycles. The van der Waals surface area contributed by atoms with Crippen molar-refractivity contribution in [3.05, 3.63) is 4.88 Å². The van der Waals surface area contributed by atoms with Crippen LogP contribution in [0.25, 0.3) is 0 Å². The smallest absolute Gasteiger partial charge is 0.268 e. The second-order valence-electron chi connectivity index (χ2n) is 5.70. The van der Waals surface area contributed by atoms with E-state index in [-0.39, 0.29) is 11.9 Å². The number of aromatic nitrogens is 1. The van der Waals surface area contributed by atoms with E-state index in [0.29, 0.717) is 16.7 Å². The molecule has 0 radical (unpaired) electrons. The lowest BCUT2D eigenvalue weighted by Crippen LogP contribution is -2.33. The molecule has 1 amide bonds. The van der Waals surface area contributed by atoms with Crippen LogP contribution in [-0.4, -0.2) is 47.5 Å². The fourth-order valence-corrected chi connectivity index (χ4v) is 3.91. The first kappa shape index (κ1) is 13.6. The molecule has 6 nitrogen and oxygen atoms in total. The van der Waals surface area contributed by atoms with Gasteiger partial charge in [-0.1, -0.05) is 11.3 Å². The molecule has 2 saturated heterocycles. The maximum absolute atomic E-state index is 12.5. The summed E-state index contributed by atoms with van der Waals surface area (Å²) in [5, 5.41) is 0.825. The van der Waals surface area contributed by atoms with E-state index in [9.17, 15) is 4.79 Å². The van der Waals surface area contributed by atoms with Gasteiger partial charge in [-0.25, -0.2) is 4.98 Å². The van der Waals surface area contributed by atoms with Crippen molar-refractivity contribution in [1.29, 1.82) is 0 Å². The maximum atomic E-state index is 12.5. The van der Waals surface area contributed by atoms with Gasteiger partial charge < -0.3 is 21.3 Å². The minimum absolute atomic E-state index is 0.0275. The van der Waals surface area contributed by atoms with Crippen molar-refractivity contribution < 1.29 is 4.79 Å². The van der Waals surface area contributed by atoms with E-state index in [0.717, 1.165) is 44.0 Å². The van der Waals surface area contributed by atoms with Crippen molar-refractivity contribution in [2.75, 3.05) is 30.3 Å². The Balaban J connectivity index is 1.80. The molecule has 1 aromatic rings. The van der Waals surface area contributed by atoms with E-state index in [4.69, 9.17) is 11.5 Å². The van der Waals surface area contributed by atoms with Crippen LogP contribution < -0.4 is 16.4 Å². The van der Waals surface area contributed by atoms with Crippen LogP contribution in [0, 0.1) is 0 Å². The van der Waals surface area contributed by atoms with Crippen LogP contribution in [0.2, 0.25) is 0 Å². The van der Waals surface area contributed by atoms with Crippen LogP contribution in [0.3, 0.4) is 0 Å². The van der Waals surface area contributed by atoms with Crippen molar-refractivity contribution in [2.24, 2.45) is 5.73 Å². The third-order valence-electron chi connectivity index (χ3n) is 4.15. The molecule has 110 valence electrons. The Kier molecular flexibility index (Phi) is 3.55. The van der Waals surface area contributed by atoms with Crippen molar-refractivity contribution in [1.82, 2.24) is 9.88 Å².